The Hall–Kier alpha value is -1.30. The first kappa shape index (κ1) is 24.7. The molecule has 0 saturated heterocycles. The lowest BCUT2D eigenvalue weighted by Gasteiger charge is -2.35. The van der Waals surface area contributed by atoms with Gasteiger partial charge in [0.1, 0.15) is 0 Å². The average Bonchev–Trinajstić information content (AvgIpc) is 2.62. The lowest BCUT2D eigenvalue weighted by molar-refractivity contribution is -0.118. The monoisotopic (exact) mass is 429 g/mol. The molecule has 1 fully saturated rings. The molecule has 0 aromatic heterocycles. The molecular weight excluding hydrogens is 397 g/mol. The molecule has 1 saturated carbocycles. The fraction of sp³-hybridized carbons (Fsp3) is 0.619. The number of halogens is 2. The smallest absolute Gasteiger partial charge is 0.253 e. The summed E-state index contributed by atoms with van der Waals surface area (Å²) in [7, 11) is 0. The van der Waals surface area contributed by atoms with Crippen molar-refractivity contribution in [2.24, 2.45) is 11.1 Å². The molecule has 158 valence electrons. The van der Waals surface area contributed by atoms with E-state index < -0.39 is 0 Å². The summed E-state index contributed by atoms with van der Waals surface area (Å²) in [5, 5.41) is 6.19. The molecule has 1 aromatic carbocycles. The molecule has 2 amide bonds. The molecule has 0 unspecified atom stereocenters. The highest BCUT2D eigenvalue weighted by Gasteiger charge is 2.33. The highest BCUT2D eigenvalue weighted by atomic mass is 35.5. The first-order chi connectivity index (χ1) is 12.7. The van der Waals surface area contributed by atoms with Crippen molar-refractivity contribution in [2.75, 3.05) is 11.9 Å². The highest BCUT2D eigenvalue weighted by molar-refractivity contribution is 6.34. The largest absolute Gasteiger partial charge is 0.347 e. The van der Waals surface area contributed by atoms with Crippen molar-refractivity contribution in [3.63, 3.8) is 0 Å². The molecule has 0 atom stereocenters. The normalized spacial score (nSPS) is 16.0. The van der Waals surface area contributed by atoms with Gasteiger partial charge in [-0.15, -0.1) is 12.4 Å². The van der Waals surface area contributed by atoms with Gasteiger partial charge in [0.05, 0.1) is 10.6 Å². The fourth-order valence-electron chi connectivity index (χ4n) is 3.54. The third-order valence-electron chi connectivity index (χ3n) is 5.72. The van der Waals surface area contributed by atoms with Crippen molar-refractivity contribution in [2.45, 2.75) is 71.3 Å². The Morgan fingerprint density at radius 2 is 1.86 bits per heavy atom. The standard InChI is InChI=1S/C21H32ClN3O2.ClH/c1-4-20(2,3)25-19(27)16-9-8-15(12-17(16)22)24-18(26)13-21(14-23)10-6-5-7-11-21;/h8-9,12H,4-7,10-11,13-14,23H2,1-3H3,(H,24,26)(H,25,27);1H. The second-order valence-corrected chi connectivity index (χ2v) is 8.78. The number of anilines is 1. The minimum Gasteiger partial charge on any atom is -0.347 e. The number of rotatable bonds is 7. The molecule has 0 heterocycles. The summed E-state index contributed by atoms with van der Waals surface area (Å²) in [6.45, 7) is 6.48. The zero-order valence-electron chi connectivity index (χ0n) is 17.1. The maximum Gasteiger partial charge on any atom is 0.253 e. The summed E-state index contributed by atoms with van der Waals surface area (Å²) < 4.78 is 0. The van der Waals surface area contributed by atoms with Gasteiger partial charge in [0.25, 0.3) is 5.91 Å². The van der Waals surface area contributed by atoms with Crippen LogP contribution in [0.2, 0.25) is 5.02 Å². The minimum absolute atomic E-state index is 0. The number of hydrogen-bond acceptors (Lipinski definition) is 3. The minimum atomic E-state index is -0.302. The molecule has 7 heteroatoms. The van der Waals surface area contributed by atoms with Gasteiger partial charge in [0.2, 0.25) is 5.91 Å². The lowest BCUT2D eigenvalue weighted by atomic mass is 9.71. The highest BCUT2D eigenvalue weighted by Crippen LogP contribution is 2.38. The van der Waals surface area contributed by atoms with Gasteiger partial charge in [-0.3, -0.25) is 9.59 Å². The van der Waals surface area contributed by atoms with E-state index in [4.69, 9.17) is 17.3 Å². The molecule has 0 aliphatic heterocycles. The summed E-state index contributed by atoms with van der Waals surface area (Å²) in [5.41, 5.74) is 6.59. The number of hydrogen-bond donors (Lipinski definition) is 3. The van der Waals surface area contributed by atoms with E-state index in [1.165, 1.54) is 6.42 Å². The second kappa shape index (κ2) is 10.5. The van der Waals surface area contributed by atoms with Crippen LogP contribution in [0, 0.1) is 5.41 Å². The van der Waals surface area contributed by atoms with Crippen LogP contribution in [0.15, 0.2) is 18.2 Å². The first-order valence-electron chi connectivity index (χ1n) is 9.82. The van der Waals surface area contributed by atoms with E-state index in [9.17, 15) is 9.59 Å². The van der Waals surface area contributed by atoms with E-state index in [0.717, 1.165) is 32.1 Å². The summed E-state index contributed by atoms with van der Waals surface area (Å²) in [6.07, 6.45) is 6.73. The fourth-order valence-corrected chi connectivity index (χ4v) is 3.81. The van der Waals surface area contributed by atoms with E-state index >= 15 is 0 Å². The van der Waals surface area contributed by atoms with Crippen LogP contribution in [0.5, 0.6) is 0 Å². The van der Waals surface area contributed by atoms with Crippen LogP contribution in [0.1, 0.15) is 76.1 Å². The number of carbonyl (C=O) groups excluding carboxylic acids is 2. The van der Waals surface area contributed by atoms with Crippen LogP contribution in [0.4, 0.5) is 5.69 Å². The first-order valence-corrected chi connectivity index (χ1v) is 10.2. The van der Waals surface area contributed by atoms with E-state index in [2.05, 4.69) is 10.6 Å². The number of nitrogens with one attached hydrogen (secondary N) is 2. The maximum absolute atomic E-state index is 12.5. The Labute approximate surface area is 179 Å². The summed E-state index contributed by atoms with van der Waals surface area (Å²) in [5.74, 6) is -0.267. The van der Waals surface area contributed by atoms with Crippen molar-refractivity contribution in [3.05, 3.63) is 28.8 Å². The quantitative estimate of drug-likeness (QED) is 0.574. The average molecular weight is 430 g/mol. The van der Waals surface area contributed by atoms with Gasteiger partial charge < -0.3 is 16.4 Å². The molecule has 5 nitrogen and oxygen atoms in total. The summed E-state index contributed by atoms with van der Waals surface area (Å²) in [4.78, 5) is 24.9. The molecule has 0 radical (unpaired) electrons. The summed E-state index contributed by atoms with van der Waals surface area (Å²) >= 11 is 6.29. The molecule has 0 bridgehead atoms. The van der Waals surface area contributed by atoms with Gasteiger partial charge in [0, 0.05) is 17.6 Å². The topological polar surface area (TPSA) is 84.2 Å². The van der Waals surface area contributed by atoms with Crippen molar-refractivity contribution in [3.8, 4) is 0 Å². The number of carbonyl (C=O) groups is 2. The van der Waals surface area contributed by atoms with Crippen LogP contribution in [-0.4, -0.2) is 23.9 Å². The SMILES string of the molecule is CCC(C)(C)NC(=O)c1ccc(NC(=O)CC2(CN)CCCCC2)cc1Cl.Cl. The Morgan fingerprint density at radius 3 is 2.39 bits per heavy atom. The molecule has 1 aromatic rings. The van der Waals surface area contributed by atoms with E-state index in [1.54, 1.807) is 18.2 Å². The van der Waals surface area contributed by atoms with Crippen molar-refractivity contribution < 1.29 is 9.59 Å². The number of benzene rings is 1. The molecule has 0 spiro atoms. The van der Waals surface area contributed by atoms with E-state index in [-0.39, 0.29) is 35.2 Å². The van der Waals surface area contributed by atoms with Crippen molar-refractivity contribution >= 4 is 41.5 Å². The second-order valence-electron chi connectivity index (χ2n) is 8.38. The van der Waals surface area contributed by atoms with Gasteiger partial charge in [-0.25, -0.2) is 0 Å². The Morgan fingerprint density at radius 1 is 1.21 bits per heavy atom. The third kappa shape index (κ3) is 6.64. The number of nitrogens with two attached hydrogens (primary N) is 1. The van der Waals surface area contributed by atoms with Gasteiger partial charge in [-0.1, -0.05) is 37.8 Å². The van der Waals surface area contributed by atoms with Crippen LogP contribution in [0.3, 0.4) is 0 Å². The Balaban J connectivity index is 0.00000392. The van der Waals surface area contributed by atoms with Crippen molar-refractivity contribution in [1.29, 1.82) is 0 Å². The van der Waals surface area contributed by atoms with E-state index in [1.807, 2.05) is 20.8 Å². The van der Waals surface area contributed by atoms with Gasteiger partial charge in [-0.05, 0) is 63.3 Å². The third-order valence-corrected chi connectivity index (χ3v) is 6.03. The molecule has 1 aliphatic rings. The number of amides is 2. The molecule has 1 aliphatic carbocycles. The predicted octanol–water partition coefficient (Wildman–Crippen LogP) is 4.92. The van der Waals surface area contributed by atoms with Crippen LogP contribution >= 0.6 is 24.0 Å². The zero-order chi connectivity index (χ0) is 20.1. The Kier molecular flexibility index (Phi) is 9.25. The molecule has 4 N–H and O–H groups in total. The van der Waals surface area contributed by atoms with Crippen molar-refractivity contribution in [1.82, 2.24) is 5.32 Å². The van der Waals surface area contributed by atoms with Crippen LogP contribution in [0.25, 0.3) is 0 Å². The Bertz CT molecular complexity index is 686. The van der Waals surface area contributed by atoms with Crippen LogP contribution in [-0.2, 0) is 4.79 Å². The summed E-state index contributed by atoms with van der Waals surface area (Å²) in [6, 6.07) is 5.00. The van der Waals surface area contributed by atoms with Gasteiger partial charge in [-0.2, -0.15) is 0 Å². The van der Waals surface area contributed by atoms with Crippen LogP contribution < -0.4 is 16.4 Å². The molecule has 28 heavy (non-hydrogen) atoms. The predicted molar refractivity (Wildman–Crippen MR) is 118 cm³/mol. The maximum atomic E-state index is 12.5. The van der Waals surface area contributed by atoms with Gasteiger partial charge >= 0.3 is 0 Å². The molecular formula is C21H33Cl2N3O2. The van der Waals surface area contributed by atoms with E-state index in [0.29, 0.717) is 29.2 Å². The molecule has 2 rings (SSSR count). The van der Waals surface area contributed by atoms with Gasteiger partial charge in [0.15, 0.2) is 0 Å². The zero-order valence-corrected chi connectivity index (χ0v) is 18.6. The lowest BCUT2D eigenvalue weighted by Crippen LogP contribution is -2.42.